The number of morpholine rings is 1. The van der Waals surface area contributed by atoms with Crippen molar-refractivity contribution in [2.24, 2.45) is 5.92 Å². The molecule has 0 radical (unpaired) electrons. The van der Waals surface area contributed by atoms with Gasteiger partial charge in [0.05, 0.1) is 12.2 Å². The first-order valence-electron chi connectivity index (χ1n) is 7.54. The topological polar surface area (TPSA) is 21.3 Å². The molecule has 17 heavy (non-hydrogen) atoms. The molecule has 1 saturated carbocycles. The Morgan fingerprint density at radius 2 is 1.29 bits per heavy atom. The first-order valence-corrected chi connectivity index (χ1v) is 7.54. The lowest BCUT2D eigenvalue weighted by atomic mass is 9.91. The van der Waals surface area contributed by atoms with Crippen LogP contribution < -0.4 is 5.32 Å². The van der Waals surface area contributed by atoms with Gasteiger partial charge in [-0.25, -0.2) is 0 Å². The van der Waals surface area contributed by atoms with E-state index < -0.39 is 0 Å². The average molecular weight is 243 g/mol. The summed E-state index contributed by atoms with van der Waals surface area (Å²) in [6, 6.07) is 0. The normalized spacial score (nSPS) is 29.5. The van der Waals surface area contributed by atoms with Crippen molar-refractivity contribution < 1.29 is 4.74 Å². The van der Waals surface area contributed by atoms with E-state index in [1.165, 1.54) is 32.1 Å². The summed E-state index contributed by atoms with van der Waals surface area (Å²) in [6.45, 7) is 12.5. The zero-order valence-corrected chi connectivity index (χ0v) is 12.6. The maximum absolute atomic E-state index is 5.42. The molecule has 1 heterocycles. The predicted octanol–water partition coefficient (Wildman–Crippen LogP) is 4.00. The number of rotatable bonds is 0. The quantitative estimate of drug-likeness (QED) is 0.694. The highest BCUT2D eigenvalue weighted by Crippen LogP contribution is 2.22. The van der Waals surface area contributed by atoms with Crippen LogP contribution in [0.4, 0.5) is 0 Å². The van der Waals surface area contributed by atoms with E-state index in [9.17, 15) is 0 Å². The van der Waals surface area contributed by atoms with Gasteiger partial charge in [-0.15, -0.1) is 0 Å². The summed E-state index contributed by atoms with van der Waals surface area (Å²) in [7, 11) is 0. The van der Waals surface area contributed by atoms with E-state index in [1.807, 2.05) is 13.8 Å². The Kier molecular flexibility index (Phi) is 11.0. The second-order valence-electron chi connectivity index (χ2n) is 5.16. The van der Waals surface area contributed by atoms with E-state index in [2.05, 4.69) is 26.1 Å². The number of hydrogen-bond acceptors (Lipinski definition) is 2. The summed E-state index contributed by atoms with van der Waals surface area (Å²) in [5.74, 6) is 1.04. The molecule has 2 rings (SSSR count). The van der Waals surface area contributed by atoms with Crippen molar-refractivity contribution in [1.82, 2.24) is 5.32 Å². The standard InChI is InChI=1S/C7H14.C6H13NO.C2H6/c1-7-5-3-2-4-6-7;1-5-3-7-4-6(2)8-5;1-2/h7H,2-6H2,1H3;5-7H,3-4H2,1-2H3;1-2H3/t;5-,6+;. The first-order chi connectivity index (χ1) is 8.18. The molecule has 1 N–H and O–H groups in total. The van der Waals surface area contributed by atoms with Crippen LogP contribution in [0, 0.1) is 5.92 Å². The molecule has 2 heteroatoms. The summed E-state index contributed by atoms with van der Waals surface area (Å²) in [6.07, 6.45) is 8.24. The molecule has 0 unspecified atom stereocenters. The average Bonchev–Trinajstić information content (AvgIpc) is 2.33. The molecule has 0 bridgehead atoms. The zero-order valence-electron chi connectivity index (χ0n) is 12.6. The second kappa shape index (κ2) is 11.0. The maximum atomic E-state index is 5.42. The van der Waals surface area contributed by atoms with Crippen LogP contribution in [0.3, 0.4) is 0 Å². The Morgan fingerprint density at radius 3 is 1.53 bits per heavy atom. The third-order valence-corrected chi connectivity index (χ3v) is 3.22. The Hall–Kier alpha value is -0.0800. The zero-order chi connectivity index (χ0) is 13.1. The summed E-state index contributed by atoms with van der Waals surface area (Å²) in [5.41, 5.74) is 0. The summed E-state index contributed by atoms with van der Waals surface area (Å²) in [4.78, 5) is 0. The van der Waals surface area contributed by atoms with Crippen LogP contribution in [0.1, 0.15) is 66.7 Å². The molecule has 1 aliphatic heterocycles. The van der Waals surface area contributed by atoms with Gasteiger partial charge in [0.1, 0.15) is 0 Å². The predicted molar refractivity (Wildman–Crippen MR) is 76.5 cm³/mol. The smallest absolute Gasteiger partial charge is 0.0675 e. The molecule has 1 aliphatic carbocycles. The van der Waals surface area contributed by atoms with Crippen LogP contribution in [0.25, 0.3) is 0 Å². The fourth-order valence-electron chi connectivity index (χ4n) is 2.29. The second-order valence-corrected chi connectivity index (χ2v) is 5.16. The first kappa shape index (κ1) is 16.9. The van der Waals surface area contributed by atoms with Gasteiger partial charge in [0, 0.05) is 13.1 Å². The van der Waals surface area contributed by atoms with Gasteiger partial charge in [-0.2, -0.15) is 0 Å². The molecule has 0 aromatic rings. The van der Waals surface area contributed by atoms with Crippen LogP contribution in [-0.2, 0) is 4.74 Å². The molecule has 0 amide bonds. The van der Waals surface area contributed by atoms with Crippen molar-refractivity contribution >= 4 is 0 Å². The summed E-state index contributed by atoms with van der Waals surface area (Å²) in [5, 5.41) is 3.26. The molecule has 104 valence electrons. The van der Waals surface area contributed by atoms with Gasteiger partial charge in [0.25, 0.3) is 0 Å². The van der Waals surface area contributed by atoms with Crippen LogP contribution in [-0.4, -0.2) is 25.3 Å². The highest BCUT2D eigenvalue weighted by Gasteiger charge is 2.12. The third kappa shape index (κ3) is 9.61. The van der Waals surface area contributed by atoms with E-state index in [1.54, 1.807) is 0 Å². The summed E-state index contributed by atoms with van der Waals surface area (Å²) < 4.78 is 5.42. The summed E-state index contributed by atoms with van der Waals surface area (Å²) >= 11 is 0. The van der Waals surface area contributed by atoms with E-state index in [0.29, 0.717) is 12.2 Å². The Balaban J connectivity index is 0.000000265. The van der Waals surface area contributed by atoms with Gasteiger partial charge in [0.15, 0.2) is 0 Å². The number of nitrogens with one attached hydrogen (secondary N) is 1. The monoisotopic (exact) mass is 243 g/mol. The highest BCUT2D eigenvalue weighted by molar-refractivity contribution is 4.67. The molecule has 0 aromatic carbocycles. The fourth-order valence-corrected chi connectivity index (χ4v) is 2.29. The van der Waals surface area contributed by atoms with Crippen molar-refractivity contribution in [3.05, 3.63) is 0 Å². The molecule has 2 aliphatic rings. The Labute approximate surface area is 109 Å². The third-order valence-electron chi connectivity index (χ3n) is 3.22. The van der Waals surface area contributed by atoms with E-state index >= 15 is 0 Å². The van der Waals surface area contributed by atoms with Crippen LogP contribution in [0.15, 0.2) is 0 Å². The minimum atomic E-state index is 0.402. The molecule has 2 atom stereocenters. The molecule has 1 saturated heterocycles. The SMILES string of the molecule is CC.CC1CCCCC1.C[C@@H]1CNC[C@H](C)O1. The minimum absolute atomic E-state index is 0.402. The highest BCUT2D eigenvalue weighted by atomic mass is 16.5. The van der Waals surface area contributed by atoms with Crippen LogP contribution in [0.2, 0.25) is 0 Å². The van der Waals surface area contributed by atoms with Crippen LogP contribution in [0.5, 0.6) is 0 Å². The van der Waals surface area contributed by atoms with Gasteiger partial charge < -0.3 is 10.1 Å². The maximum Gasteiger partial charge on any atom is 0.0675 e. The lowest BCUT2D eigenvalue weighted by Gasteiger charge is -2.25. The Bertz CT molecular complexity index is 147. The fraction of sp³-hybridized carbons (Fsp3) is 1.00. The van der Waals surface area contributed by atoms with Gasteiger partial charge in [-0.05, 0) is 19.8 Å². The molecular weight excluding hydrogens is 210 g/mol. The van der Waals surface area contributed by atoms with Crippen molar-refractivity contribution in [1.29, 1.82) is 0 Å². The van der Waals surface area contributed by atoms with E-state index in [-0.39, 0.29) is 0 Å². The number of hydrogen-bond donors (Lipinski definition) is 1. The van der Waals surface area contributed by atoms with E-state index in [4.69, 9.17) is 4.74 Å². The largest absolute Gasteiger partial charge is 0.373 e. The molecular formula is C15H33NO. The Morgan fingerprint density at radius 1 is 0.824 bits per heavy atom. The molecule has 0 spiro atoms. The lowest BCUT2D eigenvalue weighted by molar-refractivity contribution is -0.0166. The number of ether oxygens (including phenoxy) is 1. The van der Waals surface area contributed by atoms with Gasteiger partial charge in [-0.1, -0.05) is 52.9 Å². The molecule has 2 fully saturated rings. The lowest BCUT2D eigenvalue weighted by Crippen LogP contribution is -2.41. The van der Waals surface area contributed by atoms with Crippen LogP contribution >= 0.6 is 0 Å². The van der Waals surface area contributed by atoms with Gasteiger partial charge >= 0.3 is 0 Å². The molecule has 2 nitrogen and oxygen atoms in total. The van der Waals surface area contributed by atoms with Crippen molar-refractivity contribution in [3.8, 4) is 0 Å². The molecule has 0 aromatic heterocycles. The van der Waals surface area contributed by atoms with Gasteiger partial charge in [-0.3, -0.25) is 0 Å². The van der Waals surface area contributed by atoms with E-state index in [0.717, 1.165) is 19.0 Å². The minimum Gasteiger partial charge on any atom is -0.373 e. The van der Waals surface area contributed by atoms with Crippen molar-refractivity contribution in [3.63, 3.8) is 0 Å². The van der Waals surface area contributed by atoms with Crippen molar-refractivity contribution in [2.75, 3.05) is 13.1 Å². The van der Waals surface area contributed by atoms with Gasteiger partial charge in [0.2, 0.25) is 0 Å². The van der Waals surface area contributed by atoms with Crippen molar-refractivity contribution in [2.45, 2.75) is 78.9 Å².